The Bertz CT molecular complexity index is 547. The standard InChI is InChI=1S/C13H15N3O2/c1-9(2)16-12(14)11(8-15-16)13(17)18-10-6-4-3-5-7-10/h3-9H,14H2,1-2H3. The first kappa shape index (κ1) is 12.2. The lowest BCUT2D eigenvalue weighted by Gasteiger charge is -2.08. The molecule has 0 amide bonds. The van der Waals surface area contributed by atoms with Gasteiger partial charge in [-0.2, -0.15) is 5.10 Å². The molecule has 94 valence electrons. The van der Waals surface area contributed by atoms with Gasteiger partial charge in [0, 0.05) is 6.04 Å². The predicted octanol–water partition coefficient (Wildman–Crippen LogP) is 2.27. The number of ether oxygens (including phenoxy) is 1. The lowest BCUT2D eigenvalue weighted by molar-refractivity contribution is 0.0736. The number of hydrogen-bond acceptors (Lipinski definition) is 4. The number of rotatable bonds is 3. The number of benzene rings is 1. The lowest BCUT2D eigenvalue weighted by Crippen LogP contribution is -2.12. The molecule has 0 aliphatic carbocycles. The highest BCUT2D eigenvalue weighted by molar-refractivity contribution is 5.95. The Morgan fingerprint density at radius 2 is 2.00 bits per heavy atom. The Balaban J connectivity index is 2.20. The second-order valence-corrected chi connectivity index (χ2v) is 4.18. The van der Waals surface area contributed by atoms with Gasteiger partial charge in [-0.25, -0.2) is 9.48 Å². The first-order valence-electron chi connectivity index (χ1n) is 5.70. The molecule has 0 aliphatic rings. The van der Waals surface area contributed by atoms with Crippen LogP contribution < -0.4 is 10.5 Å². The molecule has 0 atom stereocenters. The molecule has 0 fully saturated rings. The summed E-state index contributed by atoms with van der Waals surface area (Å²) in [6, 6.07) is 8.96. The number of nitrogen functional groups attached to an aromatic ring is 1. The summed E-state index contributed by atoms with van der Waals surface area (Å²) < 4.78 is 6.79. The van der Waals surface area contributed by atoms with Gasteiger partial charge in [0.2, 0.25) is 0 Å². The van der Waals surface area contributed by atoms with Crippen molar-refractivity contribution >= 4 is 11.8 Å². The number of carbonyl (C=O) groups is 1. The summed E-state index contributed by atoms with van der Waals surface area (Å²) in [5.41, 5.74) is 6.14. The highest BCUT2D eigenvalue weighted by atomic mass is 16.5. The summed E-state index contributed by atoms with van der Waals surface area (Å²) in [6.07, 6.45) is 1.43. The minimum atomic E-state index is -0.495. The lowest BCUT2D eigenvalue weighted by atomic mass is 10.3. The minimum absolute atomic E-state index is 0.100. The van der Waals surface area contributed by atoms with Gasteiger partial charge in [-0.1, -0.05) is 18.2 Å². The van der Waals surface area contributed by atoms with Gasteiger partial charge in [0.1, 0.15) is 17.1 Å². The molecular formula is C13H15N3O2. The van der Waals surface area contributed by atoms with E-state index in [1.165, 1.54) is 6.20 Å². The monoisotopic (exact) mass is 245 g/mol. The van der Waals surface area contributed by atoms with Crippen LogP contribution in [0.25, 0.3) is 0 Å². The van der Waals surface area contributed by atoms with Crippen molar-refractivity contribution in [1.82, 2.24) is 9.78 Å². The maximum Gasteiger partial charge on any atom is 0.348 e. The van der Waals surface area contributed by atoms with Crippen LogP contribution in [0.3, 0.4) is 0 Å². The average molecular weight is 245 g/mol. The third kappa shape index (κ3) is 2.34. The fraction of sp³-hybridized carbons (Fsp3) is 0.231. The molecule has 0 bridgehead atoms. The van der Waals surface area contributed by atoms with Crippen molar-refractivity contribution < 1.29 is 9.53 Å². The van der Waals surface area contributed by atoms with Crippen LogP contribution in [0.5, 0.6) is 5.75 Å². The molecule has 2 N–H and O–H groups in total. The van der Waals surface area contributed by atoms with E-state index in [-0.39, 0.29) is 11.6 Å². The Morgan fingerprint density at radius 3 is 2.56 bits per heavy atom. The molecule has 5 heteroatoms. The second kappa shape index (κ2) is 4.91. The highest BCUT2D eigenvalue weighted by Crippen LogP contribution is 2.18. The molecule has 2 aromatic rings. The first-order valence-corrected chi connectivity index (χ1v) is 5.70. The second-order valence-electron chi connectivity index (χ2n) is 4.18. The predicted molar refractivity (Wildman–Crippen MR) is 68.4 cm³/mol. The fourth-order valence-electron chi connectivity index (χ4n) is 1.59. The fourth-order valence-corrected chi connectivity index (χ4v) is 1.59. The van der Waals surface area contributed by atoms with E-state index in [2.05, 4.69) is 5.10 Å². The third-order valence-corrected chi connectivity index (χ3v) is 2.50. The molecule has 0 radical (unpaired) electrons. The van der Waals surface area contributed by atoms with E-state index >= 15 is 0 Å². The van der Waals surface area contributed by atoms with Gasteiger partial charge in [0.15, 0.2) is 0 Å². The van der Waals surface area contributed by atoms with Crippen LogP contribution in [0, 0.1) is 0 Å². The van der Waals surface area contributed by atoms with Gasteiger partial charge >= 0.3 is 5.97 Å². The first-order chi connectivity index (χ1) is 8.59. The zero-order valence-electron chi connectivity index (χ0n) is 10.3. The highest BCUT2D eigenvalue weighted by Gasteiger charge is 2.18. The van der Waals surface area contributed by atoms with Gasteiger partial charge < -0.3 is 10.5 Å². The van der Waals surface area contributed by atoms with Crippen LogP contribution in [0.15, 0.2) is 36.5 Å². The summed E-state index contributed by atoms with van der Waals surface area (Å²) in [6.45, 7) is 3.88. The van der Waals surface area contributed by atoms with Gasteiger partial charge in [0.25, 0.3) is 0 Å². The minimum Gasteiger partial charge on any atom is -0.423 e. The summed E-state index contributed by atoms with van der Waals surface area (Å²) in [5, 5.41) is 4.07. The number of nitrogens with zero attached hydrogens (tertiary/aromatic N) is 2. The van der Waals surface area contributed by atoms with E-state index in [9.17, 15) is 4.79 Å². The van der Waals surface area contributed by atoms with Crippen LogP contribution in [0.2, 0.25) is 0 Å². The van der Waals surface area contributed by atoms with Crippen molar-refractivity contribution in [2.75, 3.05) is 5.73 Å². The summed E-state index contributed by atoms with van der Waals surface area (Å²) in [7, 11) is 0. The van der Waals surface area contributed by atoms with Gasteiger partial charge in [0.05, 0.1) is 6.20 Å². The number of para-hydroxylation sites is 1. The zero-order valence-corrected chi connectivity index (χ0v) is 10.3. The molecular weight excluding hydrogens is 230 g/mol. The average Bonchev–Trinajstić information content (AvgIpc) is 2.72. The van der Waals surface area contributed by atoms with Crippen LogP contribution in [0.4, 0.5) is 5.82 Å². The smallest absolute Gasteiger partial charge is 0.348 e. The van der Waals surface area contributed by atoms with Crippen molar-refractivity contribution in [2.24, 2.45) is 0 Å². The normalized spacial score (nSPS) is 10.6. The van der Waals surface area contributed by atoms with Crippen LogP contribution in [-0.2, 0) is 0 Å². The number of anilines is 1. The molecule has 18 heavy (non-hydrogen) atoms. The van der Waals surface area contributed by atoms with Crippen molar-refractivity contribution in [1.29, 1.82) is 0 Å². The van der Waals surface area contributed by atoms with E-state index in [0.717, 1.165) is 0 Å². The number of hydrogen-bond donors (Lipinski definition) is 1. The molecule has 0 saturated heterocycles. The van der Waals surface area contributed by atoms with E-state index < -0.39 is 5.97 Å². The van der Waals surface area contributed by atoms with Crippen LogP contribution in [-0.4, -0.2) is 15.7 Å². The molecule has 0 spiro atoms. The number of carbonyl (C=O) groups excluding carboxylic acids is 1. The Morgan fingerprint density at radius 1 is 1.33 bits per heavy atom. The maximum atomic E-state index is 11.9. The molecule has 0 unspecified atom stereocenters. The number of aromatic nitrogens is 2. The maximum absolute atomic E-state index is 11.9. The molecule has 1 aromatic heterocycles. The van der Waals surface area contributed by atoms with E-state index in [4.69, 9.17) is 10.5 Å². The van der Waals surface area contributed by atoms with Gasteiger partial charge in [-0.15, -0.1) is 0 Å². The molecule has 0 aliphatic heterocycles. The van der Waals surface area contributed by atoms with Crippen molar-refractivity contribution in [3.05, 3.63) is 42.1 Å². The Hall–Kier alpha value is -2.30. The van der Waals surface area contributed by atoms with E-state index in [1.54, 1.807) is 28.9 Å². The summed E-state index contributed by atoms with van der Waals surface area (Å²) in [5.74, 6) is 0.315. The zero-order chi connectivity index (χ0) is 13.1. The Kier molecular flexibility index (Phi) is 3.32. The molecule has 5 nitrogen and oxygen atoms in total. The molecule has 2 rings (SSSR count). The van der Waals surface area contributed by atoms with Crippen LogP contribution >= 0.6 is 0 Å². The van der Waals surface area contributed by atoms with Crippen molar-refractivity contribution in [3.63, 3.8) is 0 Å². The van der Waals surface area contributed by atoms with Crippen molar-refractivity contribution in [2.45, 2.75) is 19.9 Å². The quantitative estimate of drug-likeness (QED) is 0.665. The van der Waals surface area contributed by atoms with Crippen LogP contribution in [0.1, 0.15) is 30.2 Å². The molecule has 1 heterocycles. The summed E-state index contributed by atoms with van der Waals surface area (Å²) >= 11 is 0. The Labute approximate surface area is 105 Å². The topological polar surface area (TPSA) is 70.1 Å². The summed E-state index contributed by atoms with van der Waals surface area (Å²) in [4.78, 5) is 11.9. The molecule has 0 saturated carbocycles. The van der Waals surface area contributed by atoms with Gasteiger partial charge in [-0.3, -0.25) is 0 Å². The van der Waals surface area contributed by atoms with Gasteiger partial charge in [-0.05, 0) is 26.0 Å². The SMILES string of the molecule is CC(C)n1ncc(C(=O)Oc2ccccc2)c1N. The van der Waals surface area contributed by atoms with E-state index in [0.29, 0.717) is 11.6 Å². The van der Waals surface area contributed by atoms with Crippen molar-refractivity contribution in [3.8, 4) is 5.75 Å². The number of nitrogens with two attached hydrogens (primary N) is 1. The largest absolute Gasteiger partial charge is 0.423 e. The van der Waals surface area contributed by atoms with E-state index in [1.807, 2.05) is 19.9 Å². The number of esters is 1. The third-order valence-electron chi connectivity index (χ3n) is 2.50. The molecule has 1 aromatic carbocycles.